The summed E-state index contributed by atoms with van der Waals surface area (Å²) in [7, 11) is 2.00. The van der Waals surface area contributed by atoms with Gasteiger partial charge in [0.15, 0.2) is 0 Å². The van der Waals surface area contributed by atoms with Gasteiger partial charge in [-0.05, 0) is 42.3 Å². The number of carbonyl (C=O) groups is 2. The molecule has 0 saturated carbocycles. The topological polar surface area (TPSA) is 70.1 Å². The molecule has 6 heteroatoms. The van der Waals surface area contributed by atoms with Crippen LogP contribution in [0.1, 0.15) is 23.5 Å². The highest BCUT2D eigenvalue weighted by Crippen LogP contribution is 2.46. The molecule has 30 heavy (non-hydrogen) atoms. The van der Waals surface area contributed by atoms with Crippen molar-refractivity contribution in [3.8, 4) is 11.1 Å². The molecule has 156 valence electrons. The summed E-state index contributed by atoms with van der Waals surface area (Å²) >= 11 is 0. The zero-order chi connectivity index (χ0) is 20.9. The number of carboxylic acid groups (broad SMARTS) is 1. The molecule has 1 N–H and O–H groups in total. The molecule has 5 rings (SSSR count). The second-order valence-corrected chi connectivity index (χ2v) is 8.93. The second kappa shape index (κ2) is 7.13. The van der Waals surface area contributed by atoms with Crippen molar-refractivity contribution >= 4 is 12.1 Å². The quantitative estimate of drug-likeness (QED) is 0.847. The number of benzene rings is 2. The van der Waals surface area contributed by atoms with Gasteiger partial charge in [0, 0.05) is 31.0 Å². The molecule has 2 atom stereocenters. The number of hydrogen-bond donors (Lipinski definition) is 1. The minimum Gasteiger partial charge on any atom is -0.481 e. The first-order chi connectivity index (χ1) is 14.5. The summed E-state index contributed by atoms with van der Waals surface area (Å²) in [5.41, 5.74) is 4.35. The summed E-state index contributed by atoms with van der Waals surface area (Å²) in [4.78, 5) is 28.5. The van der Waals surface area contributed by atoms with Crippen LogP contribution in [0.25, 0.3) is 11.1 Å². The van der Waals surface area contributed by atoms with Crippen molar-refractivity contribution in [2.75, 3.05) is 39.8 Å². The molecule has 3 aliphatic rings. The number of hydrogen-bond acceptors (Lipinski definition) is 4. The van der Waals surface area contributed by atoms with Crippen molar-refractivity contribution in [3.63, 3.8) is 0 Å². The van der Waals surface area contributed by atoms with Crippen LogP contribution in [0.3, 0.4) is 0 Å². The Hall–Kier alpha value is -2.86. The van der Waals surface area contributed by atoms with Gasteiger partial charge in [0.05, 0.1) is 5.92 Å². The third kappa shape index (κ3) is 2.98. The van der Waals surface area contributed by atoms with Gasteiger partial charge in [0.25, 0.3) is 0 Å². The number of carbonyl (C=O) groups excluding carboxylic acids is 1. The van der Waals surface area contributed by atoms with E-state index in [1.807, 2.05) is 31.3 Å². The Morgan fingerprint density at radius 2 is 1.70 bits per heavy atom. The van der Waals surface area contributed by atoms with E-state index in [2.05, 4.69) is 29.2 Å². The molecule has 6 nitrogen and oxygen atoms in total. The van der Waals surface area contributed by atoms with Gasteiger partial charge in [0.1, 0.15) is 6.61 Å². The third-order valence-electron chi connectivity index (χ3n) is 7.12. The molecule has 0 aromatic heterocycles. The normalized spacial score (nSPS) is 25.5. The molecule has 1 spiro atoms. The van der Waals surface area contributed by atoms with Crippen LogP contribution in [0.5, 0.6) is 0 Å². The molecule has 2 aromatic rings. The van der Waals surface area contributed by atoms with E-state index in [1.54, 1.807) is 4.90 Å². The van der Waals surface area contributed by atoms with Crippen molar-refractivity contribution in [2.45, 2.75) is 12.3 Å². The molecule has 0 radical (unpaired) electrons. The molecule has 2 aliphatic heterocycles. The molecule has 2 aromatic carbocycles. The fraction of sp³-hybridized carbons (Fsp3) is 0.417. The zero-order valence-electron chi connectivity index (χ0n) is 17.1. The van der Waals surface area contributed by atoms with Crippen molar-refractivity contribution in [2.24, 2.45) is 11.3 Å². The van der Waals surface area contributed by atoms with E-state index in [-0.39, 0.29) is 24.5 Å². The van der Waals surface area contributed by atoms with Gasteiger partial charge in [-0.1, -0.05) is 48.5 Å². The Morgan fingerprint density at radius 3 is 2.27 bits per heavy atom. The van der Waals surface area contributed by atoms with Gasteiger partial charge < -0.3 is 19.6 Å². The summed E-state index contributed by atoms with van der Waals surface area (Å²) in [6.45, 7) is 2.50. The Morgan fingerprint density at radius 1 is 1.07 bits per heavy atom. The van der Waals surface area contributed by atoms with E-state index in [1.165, 1.54) is 22.3 Å². The van der Waals surface area contributed by atoms with E-state index in [4.69, 9.17) is 4.74 Å². The highest BCUT2D eigenvalue weighted by atomic mass is 16.6. The number of amides is 1. The lowest BCUT2D eigenvalue weighted by Crippen LogP contribution is -2.37. The zero-order valence-corrected chi connectivity index (χ0v) is 17.1. The SMILES string of the molecule is CN1CCC2(C1)CN(C(=O)OCC1c3ccccc3-c3ccccc31)CC2C(=O)O. The van der Waals surface area contributed by atoms with Crippen molar-refractivity contribution < 1.29 is 19.4 Å². The van der Waals surface area contributed by atoms with Crippen LogP contribution in [0.4, 0.5) is 4.79 Å². The Labute approximate surface area is 176 Å². The number of likely N-dealkylation sites (tertiary alicyclic amines) is 2. The van der Waals surface area contributed by atoms with Crippen LogP contribution in [0, 0.1) is 11.3 Å². The molecule has 2 fully saturated rings. The number of fused-ring (bicyclic) bond motifs is 3. The van der Waals surface area contributed by atoms with E-state index in [0.29, 0.717) is 13.1 Å². The summed E-state index contributed by atoms with van der Waals surface area (Å²) in [6.07, 6.45) is 0.391. The number of aliphatic carboxylic acids is 1. The number of carboxylic acids is 1. The second-order valence-electron chi connectivity index (χ2n) is 8.93. The molecule has 2 heterocycles. The monoisotopic (exact) mass is 406 g/mol. The van der Waals surface area contributed by atoms with Crippen LogP contribution >= 0.6 is 0 Å². The van der Waals surface area contributed by atoms with E-state index < -0.39 is 18.0 Å². The van der Waals surface area contributed by atoms with Gasteiger partial charge in [0.2, 0.25) is 0 Å². The lowest BCUT2D eigenvalue weighted by Gasteiger charge is -2.27. The lowest BCUT2D eigenvalue weighted by molar-refractivity contribution is -0.144. The summed E-state index contributed by atoms with van der Waals surface area (Å²) in [5, 5.41) is 9.75. The van der Waals surface area contributed by atoms with Crippen molar-refractivity contribution in [1.29, 1.82) is 0 Å². The van der Waals surface area contributed by atoms with E-state index in [0.717, 1.165) is 13.0 Å². The Bertz CT molecular complexity index is 961. The van der Waals surface area contributed by atoms with Gasteiger partial charge >= 0.3 is 12.1 Å². The highest BCUT2D eigenvalue weighted by molar-refractivity contribution is 5.79. The first-order valence-electron chi connectivity index (χ1n) is 10.5. The first kappa shape index (κ1) is 19.1. The van der Waals surface area contributed by atoms with Crippen LogP contribution in [0.2, 0.25) is 0 Å². The number of nitrogens with zero attached hydrogens (tertiary/aromatic N) is 2. The lowest BCUT2D eigenvalue weighted by atomic mass is 9.77. The fourth-order valence-electron chi connectivity index (χ4n) is 5.66. The molecule has 2 unspecified atom stereocenters. The van der Waals surface area contributed by atoms with Crippen molar-refractivity contribution in [1.82, 2.24) is 9.80 Å². The minimum atomic E-state index is -0.820. The largest absolute Gasteiger partial charge is 0.481 e. The fourth-order valence-corrected chi connectivity index (χ4v) is 5.66. The Kier molecular flexibility index (Phi) is 4.54. The van der Waals surface area contributed by atoms with Crippen molar-refractivity contribution in [3.05, 3.63) is 59.7 Å². The van der Waals surface area contributed by atoms with Gasteiger partial charge in [-0.2, -0.15) is 0 Å². The van der Waals surface area contributed by atoms with Crippen LogP contribution < -0.4 is 0 Å². The summed E-state index contributed by atoms with van der Waals surface area (Å²) < 4.78 is 5.76. The molecule has 2 saturated heterocycles. The van der Waals surface area contributed by atoms with Crippen LogP contribution in [0.15, 0.2) is 48.5 Å². The molecular weight excluding hydrogens is 380 g/mol. The first-order valence-corrected chi connectivity index (χ1v) is 10.5. The molecule has 0 bridgehead atoms. The summed E-state index contributed by atoms with van der Waals surface area (Å²) in [6, 6.07) is 16.5. The predicted molar refractivity (Wildman–Crippen MR) is 112 cm³/mol. The molecule has 1 aliphatic carbocycles. The average molecular weight is 406 g/mol. The highest BCUT2D eigenvalue weighted by Gasteiger charge is 2.54. The Balaban J connectivity index is 1.32. The van der Waals surface area contributed by atoms with E-state index in [9.17, 15) is 14.7 Å². The smallest absolute Gasteiger partial charge is 0.409 e. The molecular formula is C24H26N2O4. The maximum Gasteiger partial charge on any atom is 0.409 e. The standard InChI is InChI=1S/C24H26N2O4/c1-25-11-10-24(14-25)15-26(12-21(24)22(27)28)23(29)30-13-20-18-8-4-2-6-16(18)17-7-3-5-9-19(17)20/h2-9,20-21H,10-15H2,1H3,(H,27,28). The maximum atomic E-state index is 12.9. The van der Waals surface area contributed by atoms with Crippen LogP contribution in [-0.4, -0.2) is 66.8 Å². The predicted octanol–water partition coefficient (Wildman–Crippen LogP) is 3.27. The molecule has 1 amide bonds. The average Bonchev–Trinajstić information content (AvgIpc) is 3.40. The number of ether oxygens (including phenoxy) is 1. The van der Waals surface area contributed by atoms with Gasteiger partial charge in [-0.25, -0.2) is 4.79 Å². The third-order valence-corrected chi connectivity index (χ3v) is 7.12. The van der Waals surface area contributed by atoms with Crippen LogP contribution in [-0.2, 0) is 9.53 Å². The number of rotatable bonds is 3. The maximum absolute atomic E-state index is 12.9. The van der Waals surface area contributed by atoms with E-state index >= 15 is 0 Å². The van der Waals surface area contributed by atoms with Gasteiger partial charge in [-0.3, -0.25) is 4.79 Å². The minimum absolute atomic E-state index is 0.00537. The van der Waals surface area contributed by atoms with Gasteiger partial charge in [-0.15, -0.1) is 0 Å². The summed E-state index contributed by atoms with van der Waals surface area (Å²) in [5.74, 6) is -1.35.